The lowest BCUT2D eigenvalue weighted by Crippen LogP contribution is -2.33. The van der Waals surface area contributed by atoms with Gasteiger partial charge in [-0.25, -0.2) is 4.57 Å². The lowest BCUT2D eigenvalue weighted by Gasteiger charge is -2.18. The molecule has 0 aromatic heterocycles. The molecule has 0 aromatic rings. The van der Waals surface area contributed by atoms with Crippen LogP contribution in [0, 0.1) is 0 Å². The highest BCUT2D eigenvalue weighted by Gasteiger charge is 2.23. The minimum Gasteiger partial charge on any atom is -0.480 e. The maximum absolute atomic E-state index is 12.3. The Kier molecular flexibility index (Phi) is 40.1. The fraction of sp³-hybridized carbons (Fsp3) is 0.875. The average Bonchev–Trinajstić information content (AvgIpc) is 3.12. The zero-order chi connectivity index (χ0) is 39.8. The molecule has 0 aliphatic heterocycles. The van der Waals surface area contributed by atoms with Crippen LogP contribution in [0.25, 0.3) is 0 Å². The van der Waals surface area contributed by atoms with Gasteiger partial charge in [0.2, 0.25) is 0 Å². The van der Waals surface area contributed by atoms with Gasteiger partial charge in [0.1, 0.15) is 12.6 Å². The molecule has 0 radical (unpaired) electrons. The van der Waals surface area contributed by atoms with Gasteiger partial charge in [-0.15, -0.1) is 0 Å². The number of aliphatic carboxylic acids is 1. The molecule has 314 valence electrons. The molecule has 2 atom stereocenters. The maximum atomic E-state index is 12.3. The summed E-state index contributed by atoms with van der Waals surface area (Å²) in [5, 5.41) is 15.9. The fourth-order valence-corrected chi connectivity index (χ4v) is 5.86. The van der Waals surface area contributed by atoms with Gasteiger partial charge in [-0.1, -0.05) is 154 Å². The van der Waals surface area contributed by atoms with Gasteiger partial charge in [-0.2, -0.15) is 0 Å². The number of carbonyl (C=O) groups excluding carboxylic acids is 2. The quantitative estimate of drug-likeness (QED) is 0.0173. The number of rotatable bonds is 37. The van der Waals surface area contributed by atoms with Crippen LogP contribution in [0.5, 0.6) is 0 Å². The normalized spacial score (nSPS) is 12.6. The van der Waals surface area contributed by atoms with E-state index in [1.165, 1.54) is 109 Å². The minimum atomic E-state index is -4.74. The molecular weight excluding hydrogens is 701 g/mol. The maximum Gasteiger partial charge on any atom is 0.469 e. The molecule has 0 bridgehead atoms. The van der Waals surface area contributed by atoms with Gasteiger partial charge in [-0.3, -0.25) is 18.9 Å². The Morgan fingerprint density at radius 2 is 0.981 bits per heavy atom. The van der Waals surface area contributed by atoms with E-state index in [9.17, 15) is 18.9 Å². The van der Waals surface area contributed by atoms with Crippen LogP contribution in [0.15, 0.2) is 12.2 Å². The van der Waals surface area contributed by atoms with Gasteiger partial charge < -0.3 is 35.2 Å². The Balaban J connectivity index is 0. The van der Waals surface area contributed by atoms with Crippen LogP contribution in [0.2, 0.25) is 0 Å². The number of aliphatic hydroxyl groups excluding tert-OH is 1. The molecule has 0 amide bonds. The summed E-state index contributed by atoms with van der Waals surface area (Å²) in [6.07, 6.45) is 35.0. The van der Waals surface area contributed by atoms with Crippen molar-refractivity contribution in [1.82, 2.24) is 0 Å². The fourth-order valence-electron chi connectivity index (χ4n) is 5.50. The summed E-state index contributed by atoms with van der Waals surface area (Å²) < 4.78 is 26.3. The van der Waals surface area contributed by atoms with Gasteiger partial charge >= 0.3 is 25.7 Å². The molecular formula is C40H78NO11P. The van der Waals surface area contributed by atoms with Crippen LogP contribution >= 0.6 is 7.82 Å². The summed E-state index contributed by atoms with van der Waals surface area (Å²) in [7, 11) is -4.74. The van der Waals surface area contributed by atoms with Crippen molar-refractivity contribution in [2.24, 2.45) is 5.73 Å². The Morgan fingerprint density at radius 1 is 0.604 bits per heavy atom. The second-order valence-corrected chi connectivity index (χ2v) is 15.3. The third-order valence-corrected chi connectivity index (χ3v) is 9.28. The first-order valence-corrected chi connectivity index (χ1v) is 22.3. The Morgan fingerprint density at radius 3 is 1.34 bits per heavy atom. The molecule has 0 heterocycles. The van der Waals surface area contributed by atoms with Crippen molar-refractivity contribution in [2.75, 3.05) is 19.8 Å². The largest absolute Gasteiger partial charge is 0.480 e. The van der Waals surface area contributed by atoms with Crippen molar-refractivity contribution in [2.45, 2.75) is 206 Å². The van der Waals surface area contributed by atoms with Gasteiger partial charge in [-0.05, 0) is 38.5 Å². The van der Waals surface area contributed by atoms with E-state index in [-0.39, 0.29) is 19.4 Å². The summed E-state index contributed by atoms with van der Waals surface area (Å²) >= 11 is 0. The number of aliphatic hydroxyl groups is 1. The van der Waals surface area contributed by atoms with Crippen molar-refractivity contribution >= 4 is 25.7 Å². The predicted molar refractivity (Wildman–Crippen MR) is 211 cm³/mol. The summed E-state index contributed by atoms with van der Waals surface area (Å²) in [6.45, 7) is 3.17. The minimum absolute atomic E-state index is 0.206. The number of ether oxygens (including phenoxy) is 2. The summed E-state index contributed by atoms with van der Waals surface area (Å²) in [4.78, 5) is 52.3. The monoisotopic (exact) mass is 780 g/mol. The highest BCUT2D eigenvalue weighted by Crippen LogP contribution is 2.36. The summed E-state index contributed by atoms with van der Waals surface area (Å²) in [6, 6.07) is -1.13. The van der Waals surface area contributed by atoms with Crippen LogP contribution in [-0.4, -0.2) is 69.9 Å². The number of esters is 2. The molecule has 0 fully saturated rings. The van der Waals surface area contributed by atoms with E-state index in [4.69, 9.17) is 35.2 Å². The lowest BCUT2D eigenvalue weighted by atomic mass is 10.0. The second-order valence-electron chi connectivity index (χ2n) is 14.0. The van der Waals surface area contributed by atoms with E-state index in [0.717, 1.165) is 51.4 Å². The van der Waals surface area contributed by atoms with E-state index >= 15 is 0 Å². The van der Waals surface area contributed by atoms with Crippen molar-refractivity contribution in [3.05, 3.63) is 12.2 Å². The molecule has 2 unspecified atom stereocenters. The number of hydrogen-bond donors (Lipinski definition) is 5. The van der Waals surface area contributed by atoms with Crippen LogP contribution in [0.1, 0.15) is 194 Å². The summed E-state index contributed by atoms with van der Waals surface area (Å²) in [5.41, 5.74) is 4.77. The van der Waals surface area contributed by atoms with Crippen molar-refractivity contribution in [1.29, 1.82) is 0 Å². The molecule has 0 rings (SSSR count). The average molecular weight is 780 g/mol. The van der Waals surface area contributed by atoms with Gasteiger partial charge in [0, 0.05) is 12.8 Å². The first-order valence-electron chi connectivity index (χ1n) is 20.8. The number of carbonyl (C=O) groups is 3. The number of carboxylic acids is 1. The van der Waals surface area contributed by atoms with E-state index in [1.807, 2.05) is 0 Å². The molecule has 6 N–H and O–H groups in total. The third kappa shape index (κ3) is 44.5. The molecule has 53 heavy (non-hydrogen) atoms. The number of allylic oxidation sites excluding steroid dienone is 2. The number of phosphoric ester groups is 1. The Hall–Kier alpha value is -1.82. The Labute approximate surface area is 321 Å². The topological polar surface area (TPSA) is 203 Å². The zero-order valence-corrected chi connectivity index (χ0v) is 34.3. The molecule has 12 nitrogen and oxygen atoms in total. The van der Waals surface area contributed by atoms with Crippen molar-refractivity contribution < 1.29 is 52.9 Å². The van der Waals surface area contributed by atoms with Gasteiger partial charge in [0.15, 0.2) is 6.10 Å². The SMILES string of the molecule is CCCCCCCC/C=C\CCCCCCCC(=O)OC(COC(=O)CCCCCCCCCCCCCCC)COP(=O)(O)O.NC(CO)C(=O)O. The van der Waals surface area contributed by atoms with E-state index < -0.39 is 51.1 Å². The molecule has 13 heteroatoms. The number of nitrogens with two attached hydrogens (primary N) is 1. The van der Waals surface area contributed by atoms with Crippen LogP contribution in [0.3, 0.4) is 0 Å². The standard InChI is InChI=1S/C37H71O8P.C3H7NO3/c1-3-5-7-9-11-13-15-17-18-20-22-24-26-28-30-32-37(39)45-35(34-44-46(40,41)42)33-43-36(38)31-29-27-25-23-21-19-16-14-12-10-8-6-4-2;4-2(1-5)3(6)7/h17-18,35H,3-16,19-34H2,1-2H3,(H2,40,41,42);2,5H,1,4H2,(H,6,7)/b18-17-;. The highest BCUT2D eigenvalue weighted by atomic mass is 31.2. The zero-order valence-electron chi connectivity index (χ0n) is 33.4. The van der Waals surface area contributed by atoms with Crippen LogP contribution in [0.4, 0.5) is 0 Å². The third-order valence-electron chi connectivity index (χ3n) is 8.80. The molecule has 0 saturated carbocycles. The van der Waals surface area contributed by atoms with Crippen molar-refractivity contribution in [3.63, 3.8) is 0 Å². The molecule has 0 saturated heterocycles. The number of unbranched alkanes of at least 4 members (excludes halogenated alkanes) is 23. The molecule has 0 aliphatic carbocycles. The molecule has 0 aromatic carbocycles. The Bertz CT molecular complexity index is 928. The first-order chi connectivity index (χ1) is 25.5. The number of phosphoric acid groups is 1. The predicted octanol–water partition coefficient (Wildman–Crippen LogP) is 9.46. The number of hydrogen-bond acceptors (Lipinski definition) is 9. The summed E-state index contributed by atoms with van der Waals surface area (Å²) in [5.74, 6) is -2.07. The molecule has 0 spiro atoms. The van der Waals surface area contributed by atoms with E-state index in [2.05, 4.69) is 30.5 Å². The smallest absolute Gasteiger partial charge is 0.469 e. The van der Waals surface area contributed by atoms with Crippen LogP contribution < -0.4 is 5.73 Å². The second kappa shape index (κ2) is 39.9. The number of carboxylic acid groups (broad SMARTS) is 1. The van der Waals surface area contributed by atoms with Gasteiger partial charge in [0.25, 0.3) is 0 Å². The molecule has 0 aliphatic rings. The highest BCUT2D eigenvalue weighted by molar-refractivity contribution is 7.46. The van der Waals surface area contributed by atoms with E-state index in [0.29, 0.717) is 6.42 Å². The first kappa shape index (κ1) is 53.3. The van der Waals surface area contributed by atoms with Crippen molar-refractivity contribution in [3.8, 4) is 0 Å². The van der Waals surface area contributed by atoms with Gasteiger partial charge in [0.05, 0.1) is 13.2 Å². The van der Waals surface area contributed by atoms with Crippen LogP contribution in [-0.2, 0) is 32.9 Å². The lowest BCUT2D eigenvalue weighted by molar-refractivity contribution is -0.161. The van der Waals surface area contributed by atoms with E-state index in [1.54, 1.807) is 0 Å².